The minimum Gasteiger partial charge on any atom is -0.494 e. The molecule has 0 aromatic carbocycles. The van der Waals surface area contributed by atoms with Crippen LogP contribution in [-0.4, -0.2) is 36.8 Å². The summed E-state index contributed by atoms with van der Waals surface area (Å²) in [5, 5.41) is 2.96. The van der Waals surface area contributed by atoms with E-state index >= 15 is 0 Å². The molecule has 0 aliphatic heterocycles. The first-order chi connectivity index (χ1) is 11.7. The topological polar surface area (TPSA) is 56.3 Å². The first kappa shape index (κ1) is 19.6. The van der Waals surface area contributed by atoms with Gasteiger partial charge >= 0.3 is 0 Å². The molecule has 1 rings (SSSR count). The first-order valence-corrected chi connectivity index (χ1v) is 8.13. The van der Waals surface area contributed by atoms with Crippen LogP contribution in [0.4, 0.5) is 5.82 Å². The monoisotopic (exact) mass is 329 g/mol. The van der Waals surface area contributed by atoms with Crippen LogP contribution in [0.3, 0.4) is 0 Å². The zero-order valence-electron chi connectivity index (χ0n) is 14.8. The maximum Gasteiger partial charge on any atom is 0.144 e. The second-order valence-corrected chi connectivity index (χ2v) is 4.83. The van der Waals surface area contributed by atoms with Crippen LogP contribution in [0.25, 0.3) is 5.57 Å². The molecule has 0 unspecified atom stereocenters. The van der Waals surface area contributed by atoms with E-state index < -0.39 is 0 Å². The predicted molar refractivity (Wildman–Crippen MR) is 99.7 cm³/mol. The predicted octanol–water partition coefficient (Wildman–Crippen LogP) is 3.99. The van der Waals surface area contributed by atoms with Crippen molar-refractivity contribution in [2.75, 3.05) is 32.2 Å². The Morgan fingerprint density at radius 1 is 1.25 bits per heavy atom. The van der Waals surface area contributed by atoms with Crippen LogP contribution in [0.15, 0.2) is 55.1 Å². The van der Waals surface area contributed by atoms with Gasteiger partial charge in [-0.2, -0.15) is 0 Å². The van der Waals surface area contributed by atoms with Gasteiger partial charge in [0.15, 0.2) is 0 Å². The molecule has 0 bridgehead atoms. The number of hydrogen-bond donors (Lipinski definition) is 1. The molecule has 130 valence electrons. The molecule has 0 spiro atoms. The number of anilines is 1. The molecule has 0 radical (unpaired) electrons. The largest absolute Gasteiger partial charge is 0.494 e. The van der Waals surface area contributed by atoms with Crippen molar-refractivity contribution in [3.8, 4) is 0 Å². The molecular formula is C19H27N3O2. The third-order valence-electron chi connectivity index (χ3n) is 3.08. The second kappa shape index (κ2) is 12.1. The van der Waals surface area contributed by atoms with Gasteiger partial charge in [0, 0.05) is 32.3 Å². The van der Waals surface area contributed by atoms with E-state index in [0.29, 0.717) is 19.0 Å². The average Bonchev–Trinajstić information content (AvgIpc) is 2.63. The van der Waals surface area contributed by atoms with Crippen LogP contribution in [-0.2, 0) is 9.47 Å². The summed E-state index contributed by atoms with van der Waals surface area (Å²) in [5.41, 5.74) is 1.74. The van der Waals surface area contributed by atoms with E-state index in [1.807, 2.05) is 45.2 Å². The summed E-state index contributed by atoms with van der Waals surface area (Å²) in [5.74, 6) is 1.45. The number of hydrogen-bond acceptors (Lipinski definition) is 5. The van der Waals surface area contributed by atoms with Crippen LogP contribution in [0.2, 0.25) is 0 Å². The quantitative estimate of drug-likeness (QED) is 0.378. The molecule has 0 fully saturated rings. The fourth-order valence-electron chi connectivity index (χ4n) is 1.85. The highest BCUT2D eigenvalue weighted by Gasteiger charge is 2.01. The molecule has 1 aromatic heterocycles. The number of rotatable bonds is 11. The summed E-state index contributed by atoms with van der Waals surface area (Å²) < 4.78 is 11.0. The summed E-state index contributed by atoms with van der Waals surface area (Å²) in [6, 6.07) is 0. The fraction of sp³-hybridized carbons (Fsp3) is 0.368. The lowest BCUT2D eigenvalue weighted by atomic mass is 10.1. The maximum absolute atomic E-state index is 5.69. The zero-order chi connectivity index (χ0) is 17.6. The van der Waals surface area contributed by atoms with Crippen LogP contribution in [0.1, 0.15) is 26.0 Å². The molecule has 1 heterocycles. The number of nitrogens with one attached hydrogen (secondary N) is 1. The van der Waals surface area contributed by atoms with Crippen LogP contribution in [0, 0.1) is 0 Å². The number of aromatic nitrogens is 2. The molecule has 0 saturated carbocycles. The van der Waals surface area contributed by atoms with Gasteiger partial charge in [-0.25, -0.2) is 4.98 Å². The van der Waals surface area contributed by atoms with Gasteiger partial charge in [-0.05, 0) is 32.1 Å². The SMILES string of the molecule is C=C\C(=C/C=C(\C=C/C)c1cnc(NC)cn1)OCCCOCC. The van der Waals surface area contributed by atoms with Crippen molar-refractivity contribution in [2.45, 2.75) is 20.3 Å². The molecule has 0 aliphatic carbocycles. The van der Waals surface area contributed by atoms with Crippen molar-refractivity contribution in [2.24, 2.45) is 0 Å². The van der Waals surface area contributed by atoms with E-state index in [4.69, 9.17) is 9.47 Å². The lowest BCUT2D eigenvalue weighted by Gasteiger charge is -2.07. The van der Waals surface area contributed by atoms with Gasteiger partial charge in [0.1, 0.15) is 11.6 Å². The van der Waals surface area contributed by atoms with Crippen molar-refractivity contribution < 1.29 is 9.47 Å². The van der Waals surface area contributed by atoms with Crippen molar-refractivity contribution >= 4 is 11.4 Å². The summed E-state index contributed by atoms with van der Waals surface area (Å²) in [4.78, 5) is 8.70. The molecule has 1 aromatic rings. The third kappa shape index (κ3) is 7.24. The normalized spacial score (nSPS) is 12.5. The van der Waals surface area contributed by atoms with Crippen molar-refractivity contribution in [1.29, 1.82) is 0 Å². The highest BCUT2D eigenvalue weighted by atomic mass is 16.5. The molecule has 1 N–H and O–H groups in total. The molecule has 0 aliphatic rings. The Kier molecular flexibility index (Phi) is 9.88. The van der Waals surface area contributed by atoms with Gasteiger partial charge in [-0.3, -0.25) is 4.98 Å². The molecule has 0 amide bonds. The van der Waals surface area contributed by atoms with E-state index in [9.17, 15) is 0 Å². The first-order valence-electron chi connectivity index (χ1n) is 8.13. The lowest BCUT2D eigenvalue weighted by molar-refractivity contribution is 0.118. The molecular weight excluding hydrogens is 302 g/mol. The van der Waals surface area contributed by atoms with Crippen molar-refractivity contribution in [3.05, 3.63) is 60.8 Å². The summed E-state index contributed by atoms with van der Waals surface area (Å²) in [7, 11) is 1.81. The highest BCUT2D eigenvalue weighted by Crippen LogP contribution is 2.15. The minimum absolute atomic E-state index is 0.599. The van der Waals surface area contributed by atoms with Gasteiger partial charge in [0.25, 0.3) is 0 Å². The molecule has 24 heavy (non-hydrogen) atoms. The molecule has 0 saturated heterocycles. The smallest absolute Gasteiger partial charge is 0.144 e. The summed E-state index contributed by atoms with van der Waals surface area (Å²) in [6.07, 6.45) is 13.8. The molecule has 5 nitrogen and oxygen atoms in total. The third-order valence-corrected chi connectivity index (χ3v) is 3.08. The Morgan fingerprint density at radius 3 is 2.67 bits per heavy atom. The Balaban J connectivity index is 2.78. The van der Waals surface area contributed by atoms with Gasteiger partial charge < -0.3 is 14.8 Å². The highest BCUT2D eigenvalue weighted by molar-refractivity contribution is 5.72. The van der Waals surface area contributed by atoms with Crippen molar-refractivity contribution in [1.82, 2.24) is 9.97 Å². The Bertz CT molecular complexity index is 575. The van der Waals surface area contributed by atoms with E-state index in [-0.39, 0.29) is 0 Å². The van der Waals surface area contributed by atoms with Gasteiger partial charge in [0.05, 0.1) is 24.7 Å². The van der Waals surface area contributed by atoms with Gasteiger partial charge in [-0.15, -0.1) is 0 Å². The van der Waals surface area contributed by atoms with E-state index in [1.165, 1.54) is 0 Å². The molecule has 5 heteroatoms. The van der Waals surface area contributed by atoms with Gasteiger partial charge in [0.2, 0.25) is 0 Å². The van der Waals surface area contributed by atoms with Crippen LogP contribution in [0.5, 0.6) is 0 Å². The van der Waals surface area contributed by atoms with E-state index in [0.717, 1.165) is 30.1 Å². The Morgan fingerprint density at radius 2 is 2.08 bits per heavy atom. The number of allylic oxidation sites excluding steroid dienone is 6. The average molecular weight is 329 g/mol. The standard InChI is InChI=1S/C19H27N3O2/c1-5-9-16(18-14-22-19(20-4)15-21-18)10-11-17(6-2)24-13-8-12-23-7-3/h5-6,9-11,14-15H,2,7-8,12-13H2,1,3-4H3,(H,20,22)/b9-5-,16-10+,17-11+. The molecule has 0 atom stereocenters. The maximum atomic E-state index is 5.69. The van der Waals surface area contributed by atoms with E-state index in [1.54, 1.807) is 18.5 Å². The summed E-state index contributed by atoms with van der Waals surface area (Å²) >= 11 is 0. The fourth-order valence-corrected chi connectivity index (χ4v) is 1.85. The number of ether oxygens (including phenoxy) is 2. The Hall–Kier alpha value is -2.40. The minimum atomic E-state index is 0.599. The van der Waals surface area contributed by atoms with Crippen molar-refractivity contribution in [3.63, 3.8) is 0 Å². The van der Waals surface area contributed by atoms with Crippen LogP contribution < -0.4 is 5.32 Å². The number of nitrogens with zero attached hydrogens (tertiary/aromatic N) is 2. The zero-order valence-corrected chi connectivity index (χ0v) is 14.8. The second-order valence-electron chi connectivity index (χ2n) is 4.83. The van der Waals surface area contributed by atoms with Crippen LogP contribution >= 0.6 is 0 Å². The lowest BCUT2D eigenvalue weighted by Crippen LogP contribution is -2.00. The Labute approximate surface area is 144 Å². The van der Waals surface area contributed by atoms with E-state index in [2.05, 4.69) is 21.9 Å². The summed E-state index contributed by atoms with van der Waals surface area (Å²) in [6.45, 7) is 9.76. The van der Waals surface area contributed by atoms with Gasteiger partial charge in [-0.1, -0.05) is 18.7 Å².